The highest BCUT2D eigenvalue weighted by atomic mass is 15.2. The summed E-state index contributed by atoms with van der Waals surface area (Å²) in [5, 5.41) is 3.30. The van der Waals surface area contributed by atoms with Crippen molar-refractivity contribution < 1.29 is 0 Å². The largest absolute Gasteiger partial charge is 0.370 e. The molecule has 3 N–H and O–H groups in total. The van der Waals surface area contributed by atoms with Gasteiger partial charge in [-0.1, -0.05) is 6.92 Å². The van der Waals surface area contributed by atoms with E-state index in [1.54, 1.807) is 0 Å². The molecule has 0 saturated carbocycles. The number of pyridine rings is 1. The zero-order chi connectivity index (χ0) is 17.5. The maximum atomic E-state index is 6.06. The van der Waals surface area contributed by atoms with Gasteiger partial charge in [-0.2, -0.15) is 0 Å². The van der Waals surface area contributed by atoms with Crippen molar-refractivity contribution in [2.45, 2.75) is 51.6 Å². The predicted octanol–water partition coefficient (Wildman–Crippen LogP) is 1.96. The van der Waals surface area contributed by atoms with E-state index in [2.05, 4.69) is 38.1 Å². The molecule has 3 rings (SSSR count). The summed E-state index contributed by atoms with van der Waals surface area (Å²) in [5.41, 5.74) is 7.23. The van der Waals surface area contributed by atoms with Crippen LogP contribution in [0.25, 0.3) is 0 Å². The topological polar surface area (TPSA) is 69.8 Å². The molecule has 2 fully saturated rings. The Kier molecular flexibility index (Phi) is 6.50. The maximum Gasteiger partial charge on any atom is 0.188 e. The van der Waals surface area contributed by atoms with Crippen LogP contribution in [0.15, 0.2) is 23.3 Å². The van der Waals surface area contributed by atoms with Crippen molar-refractivity contribution in [2.75, 3.05) is 37.6 Å². The lowest BCUT2D eigenvalue weighted by atomic mass is 10.1. The van der Waals surface area contributed by atoms with Gasteiger partial charge in [0.1, 0.15) is 5.82 Å². The average molecular weight is 345 g/mol. The van der Waals surface area contributed by atoms with Gasteiger partial charge in [0.05, 0.1) is 6.54 Å². The summed E-state index contributed by atoms with van der Waals surface area (Å²) >= 11 is 0. The van der Waals surface area contributed by atoms with Crippen molar-refractivity contribution >= 4 is 11.8 Å². The number of aromatic nitrogens is 1. The number of aliphatic imine (C=N–C) groups is 1. The van der Waals surface area contributed by atoms with E-state index in [9.17, 15) is 0 Å². The Morgan fingerprint density at radius 1 is 1.28 bits per heavy atom. The zero-order valence-electron chi connectivity index (χ0n) is 15.5. The van der Waals surface area contributed by atoms with Crippen molar-refractivity contribution in [3.63, 3.8) is 0 Å². The van der Waals surface area contributed by atoms with Crippen LogP contribution in [0.1, 0.15) is 44.6 Å². The smallest absolute Gasteiger partial charge is 0.188 e. The van der Waals surface area contributed by atoms with E-state index in [1.807, 2.05) is 12.3 Å². The second kappa shape index (κ2) is 9.04. The molecule has 3 heterocycles. The van der Waals surface area contributed by atoms with E-state index < -0.39 is 0 Å². The van der Waals surface area contributed by atoms with Gasteiger partial charge >= 0.3 is 0 Å². The summed E-state index contributed by atoms with van der Waals surface area (Å²) in [6.45, 7) is 8.25. The summed E-state index contributed by atoms with van der Waals surface area (Å²) in [4.78, 5) is 13.9. The molecule has 1 aromatic heterocycles. The van der Waals surface area contributed by atoms with Gasteiger partial charge in [0.2, 0.25) is 0 Å². The molecule has 2 aliphatic rings. The van der Waals surface area contributed by atoms with Gasteiger partial charge in [-0.3, -0.25) is 4.90 Å². The summed E-state index contributed by atoms with van der Waals surface area (Å²) in [7, 11) is 0. The number of nitrogens with two attached hydrogens (primary N) is 1. The number of nitrogens with one attached hydrogen (secondary N) is 1. The second-order valence-corrected chi connectivity index (χ2v) is 7.08. The molecule has 1 aromatic rings. The van der Waals surface area contributed by atoms with Crippen LogP contribution in [0.5, 0.6) is 0 Å². The van der Waals surface area contributed by atoms with Gasteiger partial charge in [-0.05, 0) is 62.9 Å². The minimum absolute atomic E-state index is 0.541. The van der Waals surface area contributed by atoms with Crippen molar-refractivity contribution in [1.29, 1.82) is 0 Å². The fourth-order valence-electron chi connectivity index (χ4n) is 3.85. The molecular weight excluding hydrogens is 312 g/mol. The number of nitrogens with zero attached hydrogens (tertiary/aromatic N) is 4. The van der Waals surface area contributed by atoms with Gasteiger partial charge in [-0.15, -0.1) is 0 Å². The predicted molar refractivity (Wildman–Crippen MR) is 104 cm³/mol. The Balaban J connectivity index is 1.50. The van der Waals surface area contributed by atoms with Crippen LogP contribution in [0, 0.1) is 0 Å². The van der Waals surface area contributed by atoms with Crippen molar-refractivity contribution in [3.05, 3.63) is 23.9 Å². The van der Waals surface area contributed by atoms with Gasteiger partial charge in [-0.25, -0.2) is 9.98 Å². The third kappa shape index (κ3) is 5.08. The first-order valence-corrected chi connectivity index (χ1v) is 9.74. The minimum Gasteiger partial charge on any atom is -0.370 e. The molecule has 1 atom stereocenters. The molecular formula is C19H32N6. The molecule has 1 unspecified atom stereocenters. The van der Waals surface area contributed by atoms with E-state index in [4.69, 9.17) is 5.73 Å². The number of hydrogen-bond acceptors (Lipinski definition) is 4. The first kappa shape index (κ1) is 18.0. The van der Waals surface area contributed by atoms with Crippen LogP contribution >= 0.6 is 0 Å². The highest BCUT2D eigenvalue weighted by Crippen LogP contribution is 2.19. The number of likely N-dealkylation sites (tertiary alicyclic amines) is 1. The molecule has 2 saturated heterocycles. The molecule has 2 aliphatic heterocycles. The summed E-state index contributed by atoms with van der Waals surface area (Å²) in [6.07, 6.45) is 8.27. The van der Waals surface area contributed by atoms with Gasteiger partial charge in [0.25, 0.3) is 0 Å². The van der Waals surface area contributed by atoms with Crippen molar-refractivity contribution in [3.8, 4) is 0 Å². The minimum atomic E-state index is 0.541. The fourth-order valence-corrected chi connectivity index (χ4v) is 3.85. The number of anilines is 1. The molecule has 138 valence electrons. The highest BCUT2D eigenvalue weighted by molar-refractivity contribution is 5.77. The number of rotatable bonds is 6. The number of guanidine groups is 1. The molecule has 0 aromatic carbocycles. The number of likely N-dealkylation sites (N-methyl/N-ethyl adjacent to an activating group) is 1. The van der Waals surface area contributed by atoms with E-state index in [0.717, 1.165) is 37.6 Å². The van der Waals surface area contributed by atoms with Gasteiger partial charge in [0, 0.05) is 31.9 Å². The van der Waals surface area contributed by atoms with Crippen LogP contribution in [-0.4, -0.2) is 54.6 Å². The van der Waals surface area contributed by atoms with Crippen molar-refractivity contribution in [2.24, 2.45) is 10.7 Å². The number of piperidine rings is 1. The van der Waals surface area contributed by atoms with E-state index in [0.29, 0.717) is 18.5 Å². The van der Waals surface area contributed by atoms with E-state index >= 15 is 0 Å². The molecule has 6 heteroatoms. The van der Waals surface area contributed by atoms with Gasteiger partial charge in [0.15, 0.2) is 5.96 Å². The lowest BCUT2D eigenvalue weighted by Gasteiger charge is -2.27. The highest BCUT2D eigenvalue weighted by Gasteiger charge is 2.22. The molecule has 0 aliphatic carbocycles. The molecule has 0 bridgehead atoms. The molecule has 6 nitrogen and oxygen atoms in total. The fraction of sp³-hybridized carbons (Fsp3) is 0.684. The Bertz CT molecular complexity index is 567. The monoisotopic (exact) mass is 344 g/mol. The normalized spacial score (nSPS) is 22.4. The molecule has 25 heavy (non-hydrogen) atoms. The number of hydrogen-bond donors (Lipinski definition) is 2. The molecule has 0 amide bonds. The lowest BCUT2D eigenvalue weighted by Crippen LogP contribution is -2.42. The van der Waals surface area contributed by atoms with E-state index in [-0.39, 0.29) is 0 Å². The van der Waals surface area contributed by atoms with E-state index in [1.165, 1.54) is 38.6 Å². The van der Waals surface area contributed by atoms with Crippen LogP contribution in [-0.2, 0) is 6.54 Å². The first-order chi connectivity index (χ1) is 12.3. The van der Waals surface area contributed by atoms with Crippen LogP contribution in [0.2, 0.25) is 0 Å². The Morgan fingerprint density at radius 3 is 2.92 bits per heavy atom. The van der Waals surface area contributed by atoms with Crippen molar-refractivity contribution in [1.82, 2.24) is 15.2 Å². The SMILES string of the molecule is CCN1CCCC1CNC(N)=NCc1ccnc(N2CCCCC2)c1. The molecule has 0 radical (unpaired) electrons. The third-order valence-electron chi connectivity index (χ3n) is 5.35. The summed E-state index contributed by atoms with van der Waals surface area (Å²) in [6, 6.07) is 4.77. The van der Waals surface area contributed by atoms with Crippen LogP contribution < -0.4 is 16.0 Å². The summed E-state index contributed by atoms with van der Waals surface area (Å²) < 4.78 is 0. The Morgan fingerprint density at radius 2 is 2.12 bits per heavy atom. The van der Waals surface area contributed by atoms with Crippen LogP contribution in [0.4, 0.5) is 5.82 Å². The standard InChI is InChI=1S/C19H32N6/c1-2-24-12-6-7-17(24)15-23-19(20)22-14-16-8-9-21-18(13-16)25-10-4-3-5-11-25/h8-9,13,17H,2-7,10-12,14-15H2,1H3,(H3,20,22,23). The zero-order valence-corrected chi connectivity index (χ0v) is 15.5. The Labute approximate surface area is 151 Å². The Hall–Kier alpha value is -1.82. The summed E-state index contributed by atoms with van der Waals surface area (Å²) in [5.74, 6) is 1.61. The lowest BCUT2D eigenvalue weighted by molar-refractivity contribution is 0.267. The van der Waals surface area contributed by atoms with Gasteiger partial charge < -0.3 is 16.0 Å². The quantitative estimate of drug-likeness (QED) is 0.610. The third-order valence-corrected chi connectivity index (χ3v) is 5.35. The first-order valence-electron chi connectivity index (χ1n) is 9.74. The van der Waals surface area contributed by atoms with Crippen LogP contribution in [0.3, 0.4) is 0 Å². The average Bonchev–Trinajstić information content (AvgIpc) is 3.13. The second-order valence-electron chi connectivity index (χ2n) is 7.08. The molecule has 0 spiro atoms. The maximum absolute atomic E-state index is 6.06.